The molecule has 1 saturated carbocycles. The molecular formula is C18H29N3O3. The van der Waals surface area contributed by atoms with E-state index in [-0.39, 0.29) is 5.41 Å². The molecule has 2 amide bonds. The van der Waals surface area contributed by atoms with Gasteiger partial charge in [0.15, 0.2) is 0 Å². The molecule has 0 bridgehead atoms. The number of piperidine rings is 1. The summed E-state index contributed by atoms with van der Waals surface area (Å²) in [6.07, 6.45) is 6.70. The largest absolute Gasteiger partial charge is 0.465 e. The molecule has 1 N–H and O–H groups in total. The first-order valence-electron chi connectivity index (χ1n) is 9.50. The Morgan fingerprint density at radius 2 is 1.83 bits per heavy atom. The SMILES string of the molecule is CC1CCC(=O)N1C1CCN(C2CCC3(C2)CN(C(=O)O)C3)CC1. The van der Waals surface area contributed by atoms with E-state index in [1.54, 1.807) is 4.90 Å². The van der Waals surface area contributed by atoms with Crippen molar-refractivity contribution in [2.45, 2.75) is 70.0 Å². The summed E-state index contributed by atoms with van der Waals surface area (Å²) in [6, 6.07) is 1.47. The summed E-state index contributed by atoms with van der Waals surface area (Å²) < 4.78 is 0. The lowest BCUT2D eigenvalue weighted by molar-refractivity contribution is -0.132. The van der Waals surface area contributed by atoms with E-state index in [2.05, 4.69) is 16.7 Å². The lowest BCUT2D eigenvalue weighted by Gasteiger charge is -2.47. The van der Waals surface area contributed by atoms with Gasteiger partial charge in [-0.1, -0.05) is 0 Å². The third-order valence-electron chi connectivity index (χ3n) is 6.95. The van der Waals surface area contributed by atoms with Crippen molar-refractivity contribution in [2.24, 2.45) is 5.41 Å². The molecule has 2 unspecified atom stereocenters. The van der Waals surface area contributed by atoms with Crippen LogP contribution in [0.3, 0.4) is 0 Å². The molecule has 6 nitrogen and oxygen atoms in total. The van der Waals surface area contributed by atoms with Crippen LogP contribution in [0, 0.1) is 5.41 Å². The summed E-state index contributed by atoms with van der Waals surface area (Å²) in [5.41, 5.74) is 0.263. The highest BCUT2D eigenvalue weighted by Crippen LogP contribution is 2.47. The number of carbonyl (C=O) groups is 2. The minimum Gasteiger partial charge on any atom is -0.465 e. The number of carboxylic acid groups (broad SMARTS) is 1. The van der Waals surface area contributed by atoms with Crippen LogP contribution in [0.5, 0.6) is 0 Å². The van der Waals surface area contributed by atoms with E-state index in [4.69, 9.17) is 5.11 Å². The summed E-state index contributed by atoms with van der Waals surface area (Å²) in [7, 11) is 0. The Morgan fingerprint density at radius 1 is 1.12 bits per heavy atom. The minimum atomic E-state index is -0.769. The number of carbonyl (C=O) groups excluding carboxylic acids is 1. The molecule has 3 aliphatic heterocycles. The average molecular weight is 335 g/mol. The molecule has 6 heteroatoms. The number of hydrogen-bond acceptors (Lipinski definition) is 3. The van der Waals surface area contributed by atoms with Gasteiger partial charge in [-0.25, -0.2) is 4.79 Å². The molecule has 4 aliphatic rings. The van der Waals surface area contributed by atoms with E-state index in [0.29, 0.717) is 24.0 Å². The second-order valence-corrected chi connectivity index (χ2v) is 8.49. The molecular weight excluding hydrogens is 306 g/mol. The van der Waals surface area contributed by atoms with Gasteiger partial charge in [0.2, 0.25) is 5.91 Å². The highest BCUT2D eigenvalue weighted by atomic mass is 16.4. The van der Waals surface area contributed by atoms with Crippen molar-refractivity contribution in [1.82, 2.24) is 14.7 Å². The molecule has 1 aliphatic carbocycles. The van der Waals surface area contributed by atoms with Gasteiger partial charge in [0.25, 0.3) is 0 Å². The van der Waals surface area contributed by atoms with E-state index in [9.17, 15) is 9.59 Å². The summed E-state index contributed by atoms with van der Waals surface area (Å²) in [5.74, 6) is 0.351. The van der Waals surface area contributed by atoms with E-state index >= 15 is 0 Å². The fourth-order valence-electron chi connectivity index (χ4n) is 5.61. The molecule has 3 saturated heterocycles. The van der Waals surface area contributed by atoms with E-state index in [1.165, 1.54) is 12.8 Å². The van der Waals surface area contributed by atoms with Crippen molar-refractivity contribution >= 4 is 12.0 Å². The maximum atomic E-state index is 12.1. The summed E-state index contributed by atoms with van der Waals surface area (Å²) in [4.78, 5) is 29.4. The van der Waals surface area contributed by atoms with Crippen LogP contribution >= 0.6 is 0 Å². The smallest absolute Gasteiger partial charge is 0.407 e. The molecule has 4 fully saturated rings. The predicted octanol–water partition coefficient (Wildman–Crippen LogP) is 1.99. The van der Waals surface area contributed by atoms with E-state index in [0.717, 1.165) is 58.3 Å². The fraction of sp³-hybridized carbons (Fsp3) is 0.889. The Hall–Kier alpha value is -1.30. The normalized spacial score (nSPS) is 34.1. The fourth-order valence-corrected chi connectivity index (χ4v) is 5.61. The first-order chi connectivity index (χ1) is 11.5. The monoisotopic (exact) mass is 335 g/mol. The second kappa shape index (κ2) is 5.90. The van der Waals surface area contributed by atoms with Gasteiger partial charge in [-0.3, -0.25) is 4.79 Å². The van der Waals surface area contributed by atoms with Crippen molar-refractivity contribution in [2.75, 3.05) is 26.2 Å². The Balaban J connectivity index is 1.28. The van der Waals surface area contributed by atoms with Gasteiger partial charge in [0, 0.05) is 56.1 Å². The molecule has 2 atom stereocenters. The van der Waals surface area contributed by atoms with E-state index in [1.807, 2.05) is 0 Å². The van der Waals surface area contributed by atoms with Crippen LogP contribution in [0.4, 0.5) is 4.79 Å². The Bertz CT molecular complexity index is 524. The van der Waals surface area contributed by atoms with Gasteiger partial charge in [-0.05, 0) is 45.4 Å². The molecule has 0 aromatic carbocycles. The zero-order valence-electron chi connectivity index (χ0n) is 14.6. The average Bonchev–Trinajstić information content (AvgIpc) is 3.10. The second-order valence-electron chi connectivity index (χ2n) is 8.49. The predicted molar refractivity (Wildman–Crippen MR) is 89.8 cm³/mol. The van der Waals surface area contributed by atoms with Crippen molar-refractivity contribution < 1.29 is 14.7 Å². The highest BCUT2D eigenvalue weighted by molar-refractivity contribution is 5.79. The summed E-state index contributed by atoms with van der Waals surface area (Å²) >= 11 is 0. The van der Waals surface area contributed by atoms with Crippen LogP contribution < -0.4 is 0 Å². The van der Waals surface area contributed by atoms with Gasteiger partial charge < -0.3 is 19.8 Å². The quantitative estimate of drug-likeness (QED) is 0.838. The minimum absolute atomic E-state index is 0.263. The Labute approximate surface area is 143 Å². The maximum absolute atomic E-state index is 12.1. The summed E-state index contributed by atoms with van der Waals surface area (Å²) in [6.45, 7) is 5.82. The molecule has 0 aromatic rings. The molecule has 134 valence electrons. The van der Waals surface area contributed by atoms with Gasteiger partial charge in [-0.2, -0.15) is 0 Å². The van der Waals surface area contributed by atoms with Gasteiger partial charge >= 0.3 is 6.09 Å². The van der Waals surface area contributed by atoms with Crippen LogP contribution in [-0.2, 0) is 4.79 Å². The lowest BCUT2D eigenvalue weighted by Crippen LogP contribution is -2.57. The molecule has 0 aromatic heterocycles. The number of rotatable bonds is 2. The van der Waals surface area contributed by atoms with Gasteiger partial charge in [0.1, 0.15) is 0 Å². The van der Waals surface area contributed by atoms with Crippen LogP contribution in [-0.4, -0.2) is 76.1 Å². The van der Waals surface area contributed by atoms with Crippen LogP contribution in [0.25, 0.3) is 0 Å². The first-order valence-corrected chi connectivity index (χ1v) is 9.50. The number of hydrogen-bond donors (Lipinski definition) is 1. The molecule has 0 radical (unpaired) electrons. The molecule has 3 heterocycles. The lowest BCUT2D eigenvalue weighted by atomic mass is 9.78. The van der Waals surface area contributed by atoms with Crippen molar-refractivity contribution in [3.8, 4) is 0 Å². The number of nitrogens with zero attached hydrogens (tertiary/aromatic N) is 3. The van der Waals surface area contributed by atoms with Crippen molar-refractivity contribution in [1.29, 1.82) is 0 Å². The van der Waals surface area contributed by atoms with Crippen molar-refractivity contribution in [3.05, 3.63) is 0 Å². The zero-order chi connectivity index (χ0) is 16.9. The zero-order valence-corrected chi connectivity index (χ0v) is 14.6. The highest BCUT2D eigenvalue weighted by Gasteiger charge is 2.51. The number of amides is 2. The third-order valence-corrected chi connectivity index (χ3v) is 6.95. The van der Waals surface area contributed by atoms with Crippen LogP contribution in [0.15, 0.2) is 0 Å². The van der Waals surface area contributed by atoms with Crippen LogP contribution in [0.2, 0.25) is 0 Å². The van der Waals surface area contributed by atoms with E-state index < -0.39 is 6.09 Å². The summed E-state index contributed by atoms with van der Waals surface area (Å²) in [5, 5.41) is 9.05. The third kappa shape index (κ3) is 2.68. The van der Waals surface area contributed by atoms with Crippen LogP contribution in [0.1, 0.15) is 51.9 Å². The maximum Gasteiger partial charge on any atom is 0.407 e. The standard InChI is InChI=1S/C18H29N3O3/c1-13-2-3-16(22)21(13)14-5-8-19(9-6-14)15-4-7-18(10-15)11-20(12-18)17(23)24/h13-15H,2-12H2,1H3,(H,23,24). The van der Waals surface area contributed by atoms with Gasteiger partial charge in [-0.15, -0.1) is 0 Å². The van der Waals surface area contributed by atoms with Gasteiger partial charge in [0.05, 0.1) is 0 Å². The molecule has 1 spiro atoms. The first kappa shape index (κ1) is 16.2. The molecule has 4 rings (SSSR count). The number of likely N-dealkylation sites (tertiary alicyclic amines) is 3. The van der Waals surface area contributed by atoms with Crippen molar-refractivity contribution in [3.63, 3.8) is 0 Å². The Kier molecular flexibility index (Phi) is 3.98. The topological polar surface area (TPSA) is 64.1 Å². The Morgan fingerprint density at radius 3 is 2.42 bits per heavy atom. The molecule has 24 heavy (non-hydrogen) atoms.